The third kappa shape index (κ3) is 3.08. The zero-order valence-corrected chi connectivity index (χ0v) is 14.0. The lowest BCUT2D eigenvalue weighted by Crippen LogP contribution is -2.04. The Hall–Kier alpha value is -2.73. The van der Waals surface area contributed by atoms with Crippen LogP contribution in [0.2, 0.25) is 0 Å². The molecule has 0 N–H and O–H groups in total. The number of ketones is 1. The molecule has 0 saturated carbocycles. The van der Waals surface area contributed by atoms with Gasteiger partial charge in [-0.2, -0.15) is 13.2 Å². The van der Waals surface area contributed by atoms with Crippen molar-refractivity contribution in [3.63, 3.8) is 0 Å². The Morgan fingerprint density at radius 1 is 0.962 bits per heavy atom. The molecule has 26 heavy (non-hydrogen) atoms. The summed E-state index contributed by atoms with van der Waals surface area (Å²) in [6, 6.07) is 15.5. The normalized spacial score (nSPS) is 15.5. The summed E-state index contributed by atoms with van der Waals surface area (Å²) in [7, 11) is 0. The summed E-state index contributed by atoms with van der Waals surface area (Å²) < 4.78 is 44.2. The van der Waals surface area contributed by atoms with Gasteiger partial charge in [0.25, 0.3) is 0 Å². The van der Waals surface area contributed by atoms with Gasteiger partial charge in [0.1, 0.15) is 11.5 Å². The molecule has 0 unspecified atom stereocenters. The van der Waals surface area contributed by atoms with Crippen molar-refractivity contribution in [1.82, 2.24) is 0 Å². The van der Waals surface area contributed by atoms with Crippen LogP contribution in [0.1, 0.15) is 21.7 Å². The summed E-state index contributed by atoms with van der Waals surface area (Å²) >= 11 is 1.35. The van der Waals surface area contributed by atoms with Gasteiger partial charge in [0.2, 0.25) is 5.78 Å². The first kappa shape index (κ1) is 16.7. The first-order valence-corrected chi connectivity index (χ1v) is 8.54. The molecule has 1 aliphatic rings. The highest BCUT2D eigenvalue weighted by atomic mass is 32.2. The number of carbonyl (C=O) groups excluding carboxylic acids is 1. The molecule has 6 heteroatoms. The minimum Gasteiger partial charge on any atom is -0.457 e. The zero-order chi connectivity index (χ0) is 18.3. The highest BCUT2D eigenvalue weighted by Crippen LogP contribution is 2.41. The van der Waals surface area contributed by atoms with Gasteiger partial charge in [0.15, 0.2) is 0 Å². The van der Waals surface area contributed by atoms with Crippen LogP contribution in [0.25, 0.3) is 17.4 Å². The van der Waals surface area contributed by atoms with Gasteiger partial charge < -0.3 is 4.42 Å². The Morgan fingerprint density at radius 3 is 2.54 bits per heavy atom. The lowest BCUT2D eigenvalue weighted by atomic mass is 10.1. The second-order valence-corrected chi connectivity index (χ2v) is 6.80. The van der Waals surface area contributed by atoms with Crippen molar-refractivity contribution in [2.24, 2.45) is 0 Å². The molecule has 4 rings (SSSR count). The summed E-state index contributed by atoms with van der Waals surface area (Å²) in [6.07, 6.45) is -2.80. The van der Waals surface area contributed by atoms with Crippen LogP contribution in [0.15, 0.2) is 74.9 Å². The monoisotopic (exact) mass is 372 g/mol. The number of alkyl halides is 3. The second-order valence-electron chi connectivity index (χ2n) is 5.72. The van der Waals surface area contributed by atoms with Gasteiger partial charge in [0, 0.05) is 16.0 Å². The van der Waals surface area contributed by atoms with E-state index in [4.69, 9.17) is 4.42 Å². The zero-order valence-electron chi connectivity index (χ0n) is 13.2. The molecule has 0 aliphatic carbocycles. The smallest absolute Gasteiger partial charge is 0.416 e. The summed E-state index contributed by atoms with van der Waals surface area (Å²) in [4.78, 5) is 13.8. The Bertz CT molecular complexity index is 1030. The van der Waals surface area contributed by atoms with Crippen molar-refractivity contribution in [3.8, 4) is 11.3 Å². The Morgan fingerprint density at radius 2 is 1.77 bits per heavy atom. The number of thioether (sulfide) groups is 1. The second kappa shape index (κ2) is 6.21. The first-order chi connectivity index (χ1) is 12.4. The molecule has 1 aromatic heterocycles. The molecule has 3 aromatic rings. The number of allylic oxidation sites excluding steroid dienone is 1. The number of Topliss-reactive ketones (excluding diaryl/α,β-unsaturated/α-hetero) is 1. The van der Waals surface area contributed by atoms with Crippen molar-refractivity contribution in [2.75, 3.05) is 0 Å². The SMILES string of the molecule is O=C1/C(=C/c2ccc(-c3cccc(C(F)(F)F)c3)o2)Sc2ccccc21. The predicted octanol–water partition coefficient (Wildman–Crippen LogP) is 6.29. The number of carbonyl (C=O) groups is 1. The fraction of sp³-hybridized carbons (Fsp3) is 0.0500. The number of hydrogen-bond acceptors (Lipinski definition) is 3. The molecular weight excluding hydrogens is 361 g/mol. The van der Waals surface area contributed by atoms with E-state index in [1.807, 2.05) is 12.1 Å². The van der Waals surface area contributed by atoms with Gasteiger partial charge in [-0.05, 0) is 42.5 Å². The maximum atomic E-state index is 12.9. The highest BCUT2D eigenvalue weighted by Gasteiger charge is 2.30. The van der Waals surface area contributed by atoms with Gasteiger partial charge in [-0.1, -0.05) is 36.0 Å². The number of halogens is 3. The van der Waals surface area contributed by atoms with Gasteiger partial charge in [0.05, 0.1) is 10.5 Å². The molecule has 0 radical (unpaired) electrons. The molecule has 0 fully saturated rings. The van der Waals surface area contributed by atoms with Gasteiger partial charge >= 0.3 is 6.18 Å². The average molecular weight is 372 g/mol. The number of hydrogen-bond donors (Lipinski definition) is 0. The Kier molecular flexibility index (Phi) is 4.00. The fourth-order valence-corrected chi connectivity index (χ4v) is 3.73. The van der Waals surface area contributed by atoms with Crippen LogP contribution in [-0.2, 0) is 6.18 Å². The van der Waals surface area contributed by atoms with Crippen LogP contribution in [0.4, 0.5) is 13.2 Å². The molecule has 0 saturated heterocycles. The van der Waals surface area contributed by atoms with Crippen LogP contribution in [0, 0.1) is 0 Å². The maximum Gasteiger partial charge on any atom is 0.416 e. The van der Waals surface area contributed by atoms with Crippen molar-refractivity contribution in [1.29, 1.82) is 0 Å². The van der Waals surface area contributed by atoms with Crippen molar-refractivity contribution in [3.05, 3.63) is 82.5 Å². The molecule has 0 bridgehead atoms. The van der Waals surface area contributed by atoms with Crippen LogP contribution in [0.3, 0.4) is 0 Å². The number of furan rings is 1. The molecule has 2 aromatic carbocycles. The molecule has 2 heterocycles. The predicted molar refractivity (Wildman–Crippen MR) is 93.8 cm³/mol. The average Bonchev–Trinajstić information content (AvgIpc) is 3.20. The molecule has 2 nitrogen and oxygen atoms in total. The molecular formula is C20H11F3O2S. The number of fused-ring (bicyclic) bond motifs is 1. The van der Waals surface area contributed by atoms with Crippen molar-refractivity contribution < 1.29 is 22.4 Å². The molecule has 1 aliphatic heterocycles. The van der Waals surface area contributed by atoms with Gasteiger partial charge in [-0.3, -0.25) is 4.79 Å². The molecule has 130 valence electrons. The van der Waals surface area contributed by atoms with E-state index in [9.17, 15) is 18.0 Å². The van der Waals surface area contributed by atoms with E-state index in [-0.39, 0.29) is 5.78 Å². The Labute approximate surface area is 151 Å². The maximum absolute atomic E-state index is 12.9. The molecule has 0 amide bonds. The van der Waals surface area contributed by atoms with E-state index in [0.29, 0.717) is 27.6 Å². The van der Waals surface area contributed by atoms with Crippen LogP contribution < -0.4 is 0 Å². The van der Waals surface area contributed by atoms with Crippen LogP contribution >= 0.6 is 11.8 Å². The van der Waals surface area contributed by atoms with E-state index in [1.54, 1.807) is 36.4 Å². The Balaban J connectivity index is 1.63. The third-order valence-corrected chi connectivity index (χ3v) is 5.05. The van der Waals surface area contributed by atoms with E-state index in [2.05, 4.69) is 0 Å². The van der Waals surface area contributed by atoms with Gasteiger partial charge in [-0.25, -0.2) is 0 Å². The van der Waals surface area contributed by atoms with E-state index in [1.165, 1.54) is 17.8 Å². The largest absolute Gasteiger partial charge is 0.457 e. The molecule has 0 atom stereocenters. The standard InChI is InChI=1S/C20H11F3O2S/c21-20(22,23)13-5-3-4-12(10-13)16-9-8-14(25-16)11-18-19(24)15-6-1-2-7-17(15)26-18/h1-11H/b18-11-. The first-order valence-electron chi connectivity index (χ1n) is 7.72. The van der Waals surface area contributed by atoms with Gasteiger partial charge in [-0.15, -0.1) is 0 Å². The summed E-state index contributed by atoms with van der Waals surface area (Å²) in [5, 5.41) is 0. The number of benzene rings is 2. The quantitative estimate of drug-likeness (QED) is 0.495. The highest BCUT2D eigenvalue weighted by molar-refractivity contribution is 8.04. The van der Waals surface area contributed by atoms with Crippen LogP contribution in [0.5, 0.6) is 0 Å². The van der Waals surface area contributed by atoms with E-state index in [0.717, 1.165) is 17.0 Å². The minimum atomic E-state index is -4.41. The van der Waals surface area contributed by atoms with E-state index >= 15 is 0 Å². The summed E-state index contributed by atoms with van der Waals surface area (Å²) in [6.45, 7) is 0. The van der Waals surface area contributed by atoms with E-state index < -0.39 is 11.7 Å². The third-order valence-electron chi connectivity index (χ3n) is 3.95. The lowest BCUT2D eigenvalue weighted by molar-refractivity contribution is -0.137. The molecule has 0 spiro atoms. The van der Waals surface area contributed by atoms with Crippen molar-refractivity contribution in [2.45, 2.75) is 11.1 Å². The summed E-state index contributed by atoms with van der Waals surface area (Å²) in [5.41, 5.74) is 0.245. The number of rotatable bonds is 2. The summed E-state index contributed by atoms with van der Waals surface area (Å²) in [5.74, 6) is 0.652. The van der Waals surface area contributed by atoms with Crippen molar-refractivity contribution >= 4 is 23.6 Å². The lowest BCUT2D eigenvalue weighted by Gasteiger charge is -2.07. The minimum absolute atomic E-state index is 0.0809. The topological polar surface area (TPSA) is 30.2 Å². The van der Waals surface area contributed by atoms with Crippen LogP contribution in [-0.4, -0.2) is 5.78 Å². The fourth-order valence-electron chi connectivity index (χ4n) is 2.70.